The zero-order chi connectivity index (χ0) is 34.2. The predicted octanol–water partition coefficient (Wildman–Crippen LogP) is 14.3. The van der Waals surface area contributed by atoms with E-state index in [1.807, 2.05) is 17.4 Å². The smallest absolute Gasteiger partial charge is 0.136 e. The average molecular weight is 680 g/mol. The van der Waals surface area contributed by atoms with E-state index in [1.54, 1.807) is 0 Å². The zero-order valence-electron chi connectivity index (χ0n) is 28.0. The Balaban J connectivity index is 1.14. The van der Waals surface area contributed by atoms with Gasteiger partial charge in [0.25, 0.3) is 0 Å². The first-order valence-corrected chi connectivity index (χ1v) is 18.4. The number of para-hydroxylation sites is 2. The Kier molecular flexibility index (Phi) is 6.46. The van der Waals surface area contributed by atoms with Crippen molar-refractivity contribution >= 4 is 75.1 Å². The second kappa shape index (κ2) is 11.5. The molecule has 0 aliphatic heterocycles. The molecule has 0 aliphatic rings. The van der Waals surface area contributed by atoms with Crippen molar-refractivity contribution in [2.45, 2.75) is 0 Å². The molecule has 11 rings (SSSR count). The molecule has 0 unspecified atom stereocenters. The Hall–Kier alpha value is -6.55. The lowest BCUT2D eigenvalue weighted by Gasteiger charge is -2.16. The number of hydrogen-bond acceptors (Lipinski definition) is 3. The molecule has 3 aromatic heterocycles. The van der Waals surface area contributed by atoms with Crippen LogP contribution in [-0.2, 0) is 0 Å². The SMILES string of the molecule is c1ccc(-c2c3c(cc4c(-c5cccc(-c6cccc(-c7cccc8c7sc7ccccc78)c6)c5)nc5ccccc5c24)oc2ccccc23)cc1. The minimum atomic E-state index is 0.866. The Morgan fingerprint density at radius 1 is 0.404 bits per heavy atom. The van der Waals surface area contributed by atoms with Crippen LogP contribution in [0.3, 0.4) is 0 Å². The van der Waals surface area contributed by atoms with Gasteiger partial charge in [-0.15, -0.1) is 11.3 Å². The summed E-state index contributed by atoms with van der Waals surface area (Å²) in [4.78, 5) is 5.38. The number of furan rings is 1. The molecule has 0 fully saturated rings. The lowest BCUT2D eigenvalue weighted by atomic mass is 9.89. The highest BCUT2D eigenvalue weighted by Gasteiger charge is 2.21. The highest BCUT2D eigenvalue weighted by Crippen LogP contribution is 2.47. The van der Waals surface area contributed by atoms with Gasteiger partial charge in [0.1, 0.15) is 11.2 Å². The van der Waals surface area contributed by atoms with Gasteiger partial charge in [-0.3, -0.25) is 0 Å². The molecule has 0 saturated heterocycles. The number of fused-ring (bicyclic) bond motifs is 9. The third-order valence-corrected chi connectivity index (χ3v) is 11.7. The second-order valence-corrected chi connectivity index (χ2v) is 14.5. The van der Waals surface area contributed by atoms with E-state index in [1.165, 1.54) is 47.8 Å². The summed E-state index contributed by atoms with van der Waals surface area (Å²) in [6.45, 7) is 0. The van der Waals surface area contributed by atoms with Gasteiger partial charge in [-0.25, -0.2) is 4.98 Å². The van der Waals surface area contributed by atoms with Crippen molar-refractivity contribution in [1.29, 1.82) is 0 Å². The minimum Gasteiger partial charge on any atom is -0.456 e. The quantitative estimate of drug-likeness (QED) is 0.173. The van der Waals surface area contributed by atoms with E-state index in [-0.39, 0.29) is 0 Å². The maximum atomic E-state index is 6.60. The van der Waals surface area contributed by atoms with Crippen LogP contribution in [0.1, 0.15) is 0 Å². The van der Waals surface area contributed by atoms with Crippen LogP contribution >= 0.6 is 11.3 Å². The lowest BCUT2D eigenvalue weighted by Crippen LogP contribution is -1.93. The first-order valence-electron chi connectivity index (χ1n) is 17.6. The van der Waals surface area contributed by atoms with Gasteiger partial charge in [-0.1, -0.05) is 140 Å². The van der Waals surface area contributed by atoms with Gasteiger partial charge in [-0.05, 0) is 64.2 Å². The fourth-order valence-electron chi connectivity index (χ4n) is 8.12. The molecular formula is C49H29NOS. The topological polar surface area (TPSA) is 26.0 Å². The highest BCUT2D eigenvalue weighted by atomic mass is 32.1. The van der Waals surface area contributed by atoms with Crippen molar-refractivity contribution in [3.63, 3.8) is 0 Å². The summed E-state index contributed by atoms with van der Waals surface area (Å²) in [5.74, 6) is 0. The molecule has 0 saturated carbocycles. The van der Waals surface area contributed by atoms with Crippen LogP contribution in [0.2, 0.25) is 0 Å². The molecule has 0 aliphatic carbocycles. The van der Waals surface area contributed by atoms with Gasteiger partial charge in [0, 0.05) is 58.2 Å². The molecule has 8 aromatic carbocycles. The number of thiophene rings is 1. The molecule has 0 spiro atoms. The van der Waals surface area contributed by atoms with E-state index in [0.717, 1.165) is 60.6 Å². The Labute approximate surface area is 303 Å². The summed E-state index contributed by atoms with van der Waals surface area (Å²) in [6, 6.07) is 63.0. The van der Waals surface area contributed by atoms with Crippen LogP contribution in [0.25, 0.3) is 108 Å². The van der Waals surface area contributed by atoms with Crippen molar-refractivity contribution in [1.82, 2.24) is 4.98 Å². The number of rotatable bonds is 4. The van der Waals surface area contributed by atoms with Crippen LogP contribution in [0.15, 0.2) is 180 Å². The summed E-state index contributed by atoms with van der Waals surface area (Å²) in [5, 5.41) is 8.28. The molecule has 52 heavy (non-hydrogen) atoms. The summed E-state index contributed by atoms with van der Waals surface area (Å²) in [7, 11) is 0. The molecule has 0 bridgehead atoms. The normalized spacial score (nSPS) is 11.8. The molecule has 2 nitrogen and oxygen atoms in total. The van der Waals surface area contributed by atoms with Crippen LogP contribution in [0.5, 0.6) is 0 Å². The Bertz CT molecular complexity index is 3190. The Morgan fingerprint density at radius 2 is 1.04 bits per heavy atom. The van der Waals surface area contributed by atoms with Gasteiger partial charge in [0.2, 0.25) is 0 Å². The van der Waals surface area contributed by atoms with Crippen LogP contribution in [0, 0.1) is 0 Å². The average Bonchev–Trinajstić information content (AvgIpc) is 3.78. The maximum Gasteiger partial charge on any atom is 0.136 e. The fourth-order valence-corrected chi connectivity index (χ4v) is 9.36. The van der Waals surface area contributed by atoms with Crippen molar-refractivity contribution in [3.05, 3.63) is 176 Å². The van der Waals surface area contributed by atoms with Gasteiger partial charge in [0.15, 0.2) is 0 Å². The van der Waals surface area contributed by atoms with Crippen LogP contribution < -0.4 is 0 Å². The van der Waals surface area contributed by atoms with Crippen LogP contribution in [-0.4, -0.2) is 4.98 Å². The van der Waals surface area contributed by atoms with Gasteiger partial charge in [-0.2, -0.15) is 0 Å². The molecule has 3 heteroatoms. The summed E-state index contributed by atoms with van der Waals surface area (Å²) >= 11 is 1.87. The second-order valence-electron chi connectivity index (χ2n) is 13.4. The number of aromatic nitrogens is 1. The number of benzene rings is 8. The molecule has 0 radical (unpaired) electrons. The molecule has 3 heterocycles. The monoisotopic (exact) mass is 679 g/mol. The van der Waals surface area contributed by atoms with E-state index in [0.29, 0.717) is 0 Å². The van der Waals surface area contributed by atoms with E-state index < -0.39 is 0 Å². The van der Waals surface area contributed by atoms with E-state index >= 15 is 0 Å². The fraction of sp³-hybridized carbons (Fsp3) is 0. The molecule has 242 valence electrons. The third kappa shape index (κ3) is 4.46. The predicted molar refractivity (Wildman–Crippen MR) is 221 cm³/mol. The van der Waals surface area contributed by atoms with Crippen LogP contribution in [0.4, 0.5) is 0 Å². The number of pyridine rings is 1. The van der Waals surface area contributed by atoms with Crippen molar-refractivity contribution < 1.29 is 4.42 Å². The van der Waals surface area contributed by atoms with Gasteiger partial charge in [0.05, 0.1) is 11.2 Å². The molecular weight excluding hydrogens is 651 g/mol. The molecule has 11 aromatic rings. The van der Waals surface area contributed by atoms with Crippen molar-refractivity contribution in [3.8, 4) is 44.6 Å². The molecule has 0 amide bonds. The molecule has 0 N–H and O–H groups in total. The highest BCUT2D eigenvalue weighted by molar-refractivity contribution is 7.26. The third-order valence-electron chi connectivity index (χ3n) is 10.4. The lowest BCUT2D eigenvalue weighted by molar-refractivity contribution is 0.669. The van der Waals surface area contributed by atoms with Crippen molar-refractivity contribution in [2.75, 3.05) is 0 Å². The number of nitrogens with zero attached hydrogens (tertiary/aromatic N) is 1. The number of hydrogen-bond donors (Lipinski definition) is 0. The largest absolute Gasteiger partial charge is 0.456 e. The first kappa shape index (κ1) is 29.2. The summed E-state index contributed by atoms with van der Waals surface area (Å²) < 4.78 is 9.24. The maximum absolute atomic E-state index is 6.60. The van der Waals surface area contributed by atoms with Gasteiger partial charge < -0.3 is 4.42 Å². The first-order chi connectivity index (χ1) is 25.8. The Morgan fingerprint density at radius 3 is 1.90 bits per heavy atom. The summed E-state index contributed by atoms with van der Waals surface area (Å²) in [6.07, 6.45) is 0. The standard InChI is InChI=1S/C49H29NOS/c1-2-13-30(14-3-1)45-46-38-20-4-7-24-41(38)50-48(40(46)29-43-47(45)39-21-5-8-25-42(39)51-43)34-18-11-16-32(28-34)31-15-10-17-33(27-31)35-22-12-23-37-36-19-6-9-26-44(36)52-49(35)37/h1-29H. The minimum absolute atomic E-state index is 0.866. The summed E-state index contributed by atoms with van der Waals surface area (Å²) in [5.41, 5.74) is 11.9. The van der Waals surface area contributed by atoms with E-state index in [4.69, 9.17) is 9.40 Å². The van der Waals surface area contributed by atoms with E-state index in [2.05, 4.69) is 170 Å². The van der Waals surface area contributed by atoms with E-state index in [9.17, 15) is 0 Å². The zero-order valence-corrected chi connectivity index (χ0v) is 28.8. The van der Waals surface area contributed by atoms with Gasteiger partial charge >= 0.3 is 0 Å². The van der Waals surface area contributed by atoms with Crippen molar-refractivity contribution in [2.24, 2.45) is 0 Å². The molecule has 0 atom stereocenters.